The van der Waals surface area contributed by atoms with Crippen molar-refractivity contribution in [3.8, 4) is 0 Å². The number of anilines is 2. The molecule has 0 unspecified atom stereocenters. The predicted molar refractivity (Wildman–Crippen MR) is 75.3 cm³/mol. The summed E-state index contributed by atoms with van der Waals surface area (Å²) in [7, 11) is 0. The fourth-order valence-electron chi connectivity index (χ4n) is 1.69. The fraction of sp³-hybridized carbons (Fsp3) is 0.429. The van der Waals surface area contributed by atoms with Crippen LogP contribution in [-0.2, 0) is 6.54 Å². The second kappa shape index (κ2) is 6.47. The SMILES string of the molecule is Cc1cc(Nc2nnc(CNCC(C)C)o2)ccc1F. The molecule has 0 aliphatic rings. The number of rotatable bonds is 6. The number of hydrogen-bond acceptors (Lipinski definition) is 5. The molecule has 0 fully saturated rings. The predicted octanol–water partition coefficient (Wildman–Crippen LogP) is 3.01. The van der Waals surface area contributed by atoms with Gasteiger partial charge in [0, 0.05) is 5.69 Å². The summed E-state index contributed by atoms with van der Waals surface area (Å²) >= 11 is 0. The Morgan fingerprint density at radius 2 is 2.10 bits per heavy atom. The van der Waals surface area contributed by atoms with Gasteiger partial charge in [-0.2, -0.15) is 0 Å². The summed E-state index contributed by atoms with van der Waals surface area (Å²) in [5.41, 5.74) is 1.28. The molecule has 2 N–H and O–H groups in total. The molecule has 20 heavy (non-hydrogen) atoms. The normalized spacial score (nSPS) is 11.1. The second-order valence-corrected chi connectivity index (χ2v) is 5.11. The number of aryl methyl sites for hydroxylation is 1. The lowest BCUT2D eigenvalue weighted by Gasteiger charge is -2.04. The van der Waals surface area contributed by atoms with Crippen LogP contribution in [0.3, 0.4) is 0 Å². The van der Waals surface area contributed by atoms with E-state index >= 15 is 0 Å². The van der Waals surface area contributed by atoms with Gasteiger partial charge in [-0.25, -0.2) is 4.39 Å². The van der Waals surface area contributed by atoms with Crippen LogP contribution in [0.1, 0.15) is 25.3 Å². The van der Waals surface area contributed by atoms with Gasteiger partial charge in [0.15, 0.2) is 0 Å². The first kappa shape index (κ1) is 14.5. The van der Waals surface area contributed by atoms with E-state index in [1.165, 1.54) is 6.07 Å². The summed E-state index contributed by atoms with van der Waals surface area (Å²) < 4.78 is 18.6. The van der Waals surface area contributed by atoms with E-state index in [2.05, 4.69) is 34.7 Å². The molecule has 0 saturated carbocycles. The first-order chi connectivity index (χ1) is 9.54. The summed E-state index contributed by atoms with van der Waals surface area (Å²) in [6, 6.07) is 5.02. The molecule has 2 rings (SSSR count). The first-order valence-corrected chi connectivity index (χ1v) is 6.61. The maximum absolute atomic E-state index is 13.2. The topological polar surface area (TPSA) is 63.0 Å². The van der Waals surface area contributed by atoms with E-state index in [0.717, 1.165) is 6.54 Å². The first-order valence-electron chi connectivity index (χ1n) is 6.61. The summed E-state index contributed by atoms with van der Waals surface area (Å²) in [4.78, 5) is 0. The second-order valence-electron chi connectivity index (χ2n) is 5.11. The van der Waals surface area contributed by atoms with Crippen molar-refractivity contribution >= 4 is 11.7 Å². The van der Waals surface area contributed by atoms with Gasteiger partial charge in [-0.15, -0.1) is 5.10 Å². The van der Waals surface area contributed by atoms with Crippen molar-refractivity contribution in [3.05, 3.63) is 35.5 Å². The number of aromatic nitrogens is 2. The minimum absolute atomic E-state index is 0.236. The van der Waals surface area contributed by atoms with Gasteiger partial charge in [-0.3, -0.25) is 0 Å². The molecule has 1 heterocycles. The van der Waals surface area contributed by atoms with E-state index in [0.29, 0.717) is 35.6 Å². The lowest BCUT2D eigenvalue weighted by atomic mass is 10.2. The Morgan fingerprint density at radius 3 is 2.80 bits per heavy atom. The monoisotopic (exact) mass is 278 g/mol. The third-order valence-electron chi connectivity index (χ3n) is 2.70. The highest BCUT2D eigenvalue weighted by atomic mass is 19.1. The third-order valence-corrected chi connectivity index (χ3v) is 2.70. The smallest absolute Gasteiger partial charge is 0.320 e. The Morgan fingerprint density at radius 1 is 1.30 bits per heavy atom. The molecule has 6 heteroatoms. The van der Waals surface area contributed by atoms with Crippen LogP contribution in [0, 0.1) is 18.7 Å². The summed E-state index contributed by atoms with van der Waals surface area (Å²) in [6.45, 7) is 7.39. The quantitative estimate of drug-likeness (QED) is 0.850. The van der Waals surface area contributed by atoms with Gasteiger partial charge < -0.3 is 15.1 Å². The zero-order chi connectivity index (χ0) is 14.5. The van der Waals surface area contributed by atoms with Crippen molar-refractivity contribution in [1.29, 1.82) is 0 Å². The zero-order valence-electron chi connectivity index (χ0n) is 11.9. The van der Waals surface area contributed by atoms with Crippen molar-refractivity contribution in [2.75, 3.05) is 11.9 Å². The van der Waals surface area contributed by atoms with Crippen molar-refractivity contribution < 1.29 is 8.81 Å². The Bertz CT molecular complexity index is 568. The standard InChI is InChI=1S/C14H19FN4O/c1-9(2)7-16-8-13-18-19-14(20-13)17-11-4-5-12(15)10(3)6-11/h4-6,9,16H,7-8H2,1-3H3,(H,17,19). The molecule has 0 atom stereocenters. The highest BCUT2D eigenvalue weighted by Gasteiger charge is 2.07. The average molecular weight is 278 g/mol. The van der Waals surface area contributed by atoms with Gasteiger partial charge >= 0.3 is 6.01 Å². The Hall–Kier alpha value is -1.95. The molecule has 1 aromatic carbocycles. The maximum Gasteiger partial charge on any atom is 0.320 e. The molecule has 2 aromatic rings. The van der Waals surface area contributed by atoms with Crippen LogP contribution in [0.2, 0.25) is 0 Å². The van der Waals surface area contributed by atoms with E-state index in [4.69, 9.17) is 4.42 Å². The fourth-order valence-corrected chi connectivity index (χ4v) is 1.69. The molecule has 0 spiro atoms. The van der Waals surface area contributed by atoms with Crippen molar-refractivity contribution in [2.24, 2.45) is 5.92 Å². The molecule has 0 aliphatic carbocycles. The molecule has 0 bridgehead atoms. The van der Waals surface area contributed by atoms with E-state index in [9.17, 15) is 4.39 Å². The Balaban J connectivity index is 1.93. The Labute approximate surface area is 117 Å². The van der Waals surface area contributed by atoms with Crippen LogP contribution >= 0.6 is 0 Å². The lowest BCUT2D eigenvalue weighted by Crippen LogP contribution is -2.19. The van der Waals surface area contributed by atoms with E-state index in [1.54, 1.807) is 19.1 Å². The van der Waals surface area contributed by atoms with Gasteiger partial charge in [0.05, 0.1) is 6.54 Å². The minimum atomic E-state index is -0.236. The van der Waals surface area contributed by atoms with E-state index < -0.39 is 0 Å². The largest absolute Gasteiger partial charge is 0.406 e. The van der Waals surface area contributed by atoms with Gasteiger partial charge in [0.1, 0.15) is 5.82 Å². The van der Waals surface area contributed by atoms with Crippen molar-refractivity contribution in [1.82, 2.24) is 15.5 Å². The summed E-state index contributed by atoms with van der Waals surface area (Å²) in [5.74, 6) is 0.851. The molecular weight excluding hydrogens is 259 g/mol. The van der Waals surface area contributed by atoms with E-state index in [-0.39, 0.29) is 5.82 Å². The maximum atomic E-state index is 13.2. The van der Waals surface area contributed by atoms with Crippen LogP contribution in [0.4, 0.5) is 16.1 Å². The molecule has 0 saturated heterocycles. The summed E-state index contributed by atoms with van der Waals surface area (Å²) in [5, 5.41) is 14.0. The van der Waals surface area contributed by atoms with Gasteiger partial charge in [-0.1, -0.05) is 18.9 Å². The van der Waals surface area contributed by atoms with Crippen LogP contribution in [0.5, 0.6) is 0 Å². The number of benzene rings is 1. The highest BCUT2D eigenvalue weighted by molar-refractivity contribution is 5.53. The molecule has 0 amide bonds. The van der Waals surface area contributed by atoms with Crippen LogP contribution in [0.25, 0.3) is 0 Å². The Kier molecular flexibility index (Phi) is 4.68. The van der Waals surface area contributed by atoms with Crippen molar-refractivity contribution in [2.45, 2.75) is 27.3 Å². The molecule has 5 nitrogen and oxygen atoms in total. The van der Waals surface area contributed by atoms with Crippen molar-refractivity contribution in [3.63, 3.8) is 0 Å². The molecular formula is C14H19FN4O. The van der Waals surface area contributed by atoms with Crippen LogP contribution < -0.4 is 10.6 Å². The molecule has 108 valence electrons. The average Bonchev–Trinajstić information content (AvgIpc) is 2.81. The third kappa shape index (κ3) is 4.03. The molecule has 1 aromatic heterocycles. The highest BCUT2D eigenvalue weighted by Crippen LogP contribution is 2.18. The van der Waals surface area contributed by atoms with Gasteiger partial charge in [-0.05, 0) is 43.1 Å². The number of nitrogens with one attached hydrogen (secondary N) is 2. The minimum Gasteiger partial charge on any atom is -0.406 e. The zero-order valence-corrected chi connectivity index (χ0v) is 11.9. The van der Waals surface area contributed by atoms with E-state index in [1.807, 2.05) is 0 Å². The van der Waals surface area contributed by atoms with Crippen LogP contribution in [0.15, 0.2) is 22.6 Å². The van der Waals surface area contributed by atoms with Gasteiger partial charge in [0.2, 0.25) is 5.89 Å². The molecule has 0 aliphatic heterocycles. The van der Waals surface area contributed by atoms with Crippen LogP contribution in [-0.4, -0.2) is 16.7 Å². The summed E-state index contributed by atoms with van der Waals surface area (Å²) in [6.07, 6.45) is 0. The van der Waals surface area contributed by atoms with Gasteiger partial charge in [0.25, 0.3) is 0 Å². The number of halogens is 1. The number of hydrogen-bond donors (Lipinski definition) is 2. The number of nitrogens with zero attached hydrogens (tertiary/aromatic N) is 2. The molecule has 0 radical (unpaired) electrons. The lowest BCUT2D eigenvalue weighted by molar-refractivity contribution is 0.460.